The lowest BCUT2D eigenvalue weighted by molar-refractivity contribution is -0.156. The summed E-state index contributed by atoms with van der Waals surface area (Å²) in [5.74, 6) is -0.113. The molecule has 2 rings (SSSR count). The van der Waals surface area contributed by atoms with Crippen LogP contribution in [0.2, 0.25) is 0 Å². The van der Waals surface area contributed by atoms with Crippen LogP contribution in [-0.4, -0.2) is 35.6 Å². The fraction of sp³-hybridized carbons (Fsp3) is 0.588. The second-order valence-corrected chi connectivity index (χ2v) is 6.54. The van der Waals surface area contributed by atoms with Crippen molar-refractivity contribution in [2.24, 2.45) is 0 Å². The van der Waals surface area contributed by atoms with Crippen LogP contribution < -0.4 is 0 Å². The fourth-order valence-electron chi connectivity index (χ4n) is 2.76. The maximum absolute atomic E-state index is 11.9. The normalized spacial score (nSPS) is 20.1. The van der Waals surface area contributed by atoms with Crippen molar-refractivity contribution in [3.05, 3.63) is 35.9 Å². The van der Waals surface area contributed by atoms with Crippen LogP contribution in [0.4, 0.5) is 0 Å². The molecule has 20 heavy (non-hydrogen) atoms. The highest BCUT2D eigenvalue weighted by Crippen LogP contribution is 2.21. The van der Waals surface area contributed by atoms with Crippen LogP contribution >= 0.6 is 0 Å². The highest BCUT2D eigenvalue weighted by Gasteiger charge is 2.28. The number of carbonyl (C=O) groups is 1. The van der Waals surface area contributed by atoms with Gasteiger partial charge < -0.3 is 4.74 Å². The summed E-state index contributed by atoms with van der Waals surface area (Å²) in [4.78, 5) is 14.2. The Morgan fingerprint density at radius 1 is 1.30 bits per heavy atom. The van der Waals surface area contributed by atoms with Crippen LogP contribution in [0.1, 0.15) is 39.2 Å². The summed E-state index contributed by atoms with van der Waals surface area (Å²) in [7, 11) is 0. The Hall–Kier alpha value is -1.35. The van der Waals surface area contributed by atoms with Gasteiger partial charge in [-0.25, -0.2) is 0 Å². The van der Waals surface area contributed by atoms with Crippen molar-refractivity contribution in [2.45, 2.75) is 51.7 Å². The fourth-order valence-corrected chi connectivity index (χ4v) is 2.76. The first-order valence-electron chi connectivity index (χ1n) is 7.44. The number of benzene rings is 1. The molecule has 0 aromatic heterocycles. The highest BCUT2D eigenvalue weighted by molar-refractivity contribution is 5.72. The summed E-state index contributed by atoms with van der Waals surface area (Å²) >= 11 is 0. The Balaban J connectivity index is 1.89. The van der Waals surface area contributed by atoms with E-state index in [0.717, 1.165) is 19.4 Å². The van der Waals surface area contributed by atoms with Gasteiger partial charge in [0, 0.05) is 6.04 Å². The van der Waals surface area contributed by atoms with Crippen LogP contribution in [0, 0.1) is 0 Å². The minimum absolute atomic E-state index is 0.113. The molecule has 0 spiro atoms. The minimum atomic E-state index is -0.397. The number of rotatable bonds is 4. The first-order chi connectivity index (χ1) is 9.44. The zero-order valence-corrected chi connectivity index (χ0v) is 12.8. The molecule has 1 aliphatic rings. The lowest BCUT2D eigenvalue weighted by atomic mass is 10.0. The third kappa shape index (κ3) is 4.64. The molecule has 110 valence electrons. The van der Waals surface area contributed by atoms with E-state index in [0.29, 0.717) is 12.6 Å². The van der Waals surface area contributed by atoms with Gasteiger partial charge in [0.25, 0.3) is 0 Å². The Bertz CT molecular complexity index is 436. The minimum Gasteiger partial charge on any atom is -0.459 e. The molecule has 0 saturated carbocycles. The number of hydrogen-bond acceptors (Lipinski definition) is 3. The number of likely N-dealkylation sites (tertiary alicyclic amines) is 1. The first kappa shape index (κ1) is 15.0. The number of hydrogen-bond donors (Lipinski definition) is 0. The lowest BCUT2D eigenvalue weighted by Gasteiger charge is -2.26. The van der Waals surface area contributed by atoms with E-state index in [-0.39, 0.29) is 5.97 Å². The van der Waals surface area contributed by atoms with Crippen LogP contribution in [0.3, 0.4) is 0 Å². The van der Waals surface area contributed by atoms with Gasteiger partial charge in [0.05, 0.1) is 6.54 Å². The Kier molecular flexibility index (Phi) is 4.81. The standard InChI is InChI=1S/C17H25NO2/c1-17(2,3)20-16(19)13-18-11-7-10-15(18)12-14-8-5-4-6-9-14/h4-6,8-9,15H,7,10-13H2,1-3H3. The van der Waals surface area contributed by atoms with E-state index in [1.54, 1.807) is 0 Å². The first-order valence-corrected chi connectivity index (χ1v) is 7.44. The Morgan fingerprint density at radius 2 is 2.00 bits per heavy atom. The van der Waals surface area contributed by atoms with E-state index in [1.165, 1.54) is 12.0 Å². The molecule has 3 nitrogen and oxygen atoms in total. The van der Waals surface area contributed by atoms with Crippen molar-refractivity contribution >= 4 is 5.97 Å². The molecule has 0 bridgehead atoms. The van der Waals surface area contributed by atoms with E-state index in [2.05, 4.69) is 29.2 Å². The average molecular weight is 275 g/mol. The SMILES string of the molecule is CC(C)(C)OC(=O)CN1CCCC1Cc1ccccc1. The number of nitrogens with zero attached hydrogens (tertiary/aromatic N) is 1. The molecule has 0 aliphatic carbocycles. The molecule has 0 amide bonds. The molecule has 3 heteroatoms. The molecule has 1 aromatic rings. The van der Waals surface area contributed by atoms with Gasteiger partial charge in [0.2, 0.25) is 0 Å². The Labute approximate surface area is 121 Å². The topological polar surface area (TPSA) is 29.5 Å². The van der Waals surface area contributed by atoms with Gasteiger partial charge in [0.1, 0.15) is 5.60 Å². The van der Waals surface area contributed by atoms with Crippen molar-refractivity contribution in [3.63, 3.8) is 0 Å². The van der Waals surface area contributed by atoms with Gasteiger partial charge in [-0.3, -0.25) is 9.69 Å². The van der Waals surface area contributed by atoms with Gasteiger partial charge in [-0.2, -0.15) is 0 Å². The summed E-state index contributed by atoms with van der Waals surface area (Å²) in [5.41, 5.74) is 0.944. The molecule has 0 radical (unpaired) electrons. The van der Waals surface area contributed by atoms with Gasteiger partial charge in [0.15, 0.2) is 0 Å². The van der Waals surface area contributed by atoms with Crippen LogP contribution in [0.15, 0.2) is 30.3 Å². The average Bonchev–Trinajstić information content (AvgIpc) is 2.75. The maximum Gasteiger partial charge on any atom is 0.320 e. The van der Waals surface area contributed by atoms with Gasteiger partial charge in [-0.1, -0.05) is 30.3 Å². The van der Waals surface area contributed by atoms with E-state index >= 15 is 0 Å². The second kappa shape index (κ2) is 6.40. The molecule has 1 atom stereocenters. The zero-order valence-electron chi connectivity index (χ0n) is 12.8. The summed E-state index contributed by atoms with van der Waals surface area (Å²) in [6.07, 6.45) is 3.35. The molecule has 1 fully saturated rings. The molecule has 1 saturated heterocycles. The molecule has 1 unspecified atom stereocenters. The van der Waals surface area contributed by atoms with Crippen LogP contribution in [-0.2, 0) is 16.0 Å². The summed E-state index contributed by atoms with van der Waals surface area (Å²) in [5, 5.41) is 0. The van der Waals surface area contributed by atoms with E-state index in [9.17, 15) is 4.79 Å². The summed E-state index contributed by atoms with van der Waals surface area (Å²) in [6, 6.07) is 11.0. The molecular formula is C17H25NO2. The van der Waals surface area contributed by atoms with Crippen molar-refractivity contribution < 1.29 is 9.53 Å². The number of carbonyl (C=O) groups excluding carboxylic acids is 1. The Morgan fingerprint density at radius 3 is 2.65 bits per heavy atom. The van der Waals surface area contributed by atoms with Crippen molar-refractivity contribution in [1.29, 1.82) is 0 Å². The molecule has 1 heterocycles. The zero-order chi connectivity index (χ0) is 14.6. The largest absolute Gasteiger partial charge is 0.459 e. The van der Waals surface area contributed by atoms with E-state index in [4.69, 9.17) is 4.74 Å². The summed E-state index contributed by atoms with van der Waals surface area (Å²) < 4.78 is 5.42. The molecule has 1 aromatic carbocycles. The monoisotopic (exact) mass is 275 g/mol. The van der Waals surface area contributed by atoms with Gasteiger partial charge >= 0.3 is 5.97 Å². The van der Waals surface area contributed by atoms with Crippen molar-refractivity contribution in [1.82, 2.24) is 4.90 Å². The number of ether oxygens (including phenoxy) is 1. The third-order valence-electron chi connectivity index (χ3n) is 3.57. The molecule has 1 aliphatic heterocycles. The third-order valence-corrected chi connectivity index (χ3v) is 3.57. The van der Waals surface area contributed by atoms with Crippen LogP contribution in [0.5, 0.6) is 0 Å². The molecular weight excluding hydrogens is 250 g/mol. The quantitative estimate of drug-likeness (QED) is 0.791. The predicted octanol–water partition coefficient (Wildman–Crippen LogP) is 3.04. The van der Waals surface area contributed by atoms with Crippen molar-refractivity contribution in [2.75, 3.05) is 13.1 Å². The maximum atomic E-state index is 11.9. The predicted molar refractivity (Wildman–Crippen MR) is 80.6 cm³/mol. The van der Waals surface area contributed by atoms with Crippen LogP contribution in [0.25, 0.3) is 0 Å². The smallest absolute Gasteiger partial charge is 0.320 e. The number of esters is 1. The van der Waals surface area contributed by atoms with Gasteiger partial charge in [-0.15, -0.1) is 0 Å². The summed E-state index contributed by atoms with van der Waals surface area (Å²) in [6.45, 7) is 7.15. The highest BCUT2D eigenvalue weighted by atomic mass is 16.6. The molecule has 0 N–H and O–H groups in total. The van der Waals surface area contributed by atoms with Gasteiger partial charge in [-0.05, 0) is 52.1 Å². The van der Waals surface area contributed by atoms with E-state index in [1.807, 2.05) is 26.8 Å². The lowest BCUT2D eigenvalue weighted by Crippen LogP contribution is -2.38. The van der Waals surface area contributed by atoms with Crippen molar-refractivity contribution in [3.8, 4) is 0 Å². The van der Waals surface area contributed by atoms with E-state index < -0.39 is 5.60 Å². The second-order valence-electron chi connectivity index (χ2n) is 6.54.